The first kappa shape index (κ1) is 19.4. The molecule has 0 radical (unpaired) electrons. The summed E-state index contributed by atoms with van der Waals surface area (Å²) < 4.78 is 17.2. The maximum atomic E-state index is 6.04. The summed E-state index contributed by atoms with van der Waals surface area (Å²) in [5.41, 5.74) is 2.60. The largest absolute Gasteiger partial charge is 0.426 e. The molecule has 0 atom stereocenters. The smallest absolute Gasteiger partial charge is 0.397 e. The fourth-order valence-electron chi connectivity index (χ4n) is 2.04. The zero-order valence-electron chi connectivity index (χ0n) is 15.3. The van der Waals surface area contributed by atoms with E-state index in [0.717, 1.165) is 5.75 Å². The summed E-state index contributed by atoms with van der Waals surface area (Å²) in [6.45, 7) is 18.3. The molecule has 1 aromatic rings. The molecular weight excluding hydrogens is 295 g/mol. The molecule has 0 heterocycles. The van der Waals surface area contributed by atoms with E-state index in [9.17, 15) is 0 Å². The van der Waals surface area contributed by atoms with E-state index < -0.39 is 8.60 Å². The van der Waals surface area contributed by atoms with E-state index in [2.05, 4.69) is 59.7 Å². The van der Waals surface area contributed by atoms with Crippen molar-refractivity contribution in [2.75, 3.05) is 13.2 Å². The minimum absolute atomic E-state index is 0.00394. The van der Waals surface area contributed by atoms with Gasteiger partial charge in [-0.1, -0.05) is 53.7 Å². The molecule has 3 nitrogen and oxygen atoms in total. The molecular formula is C18H31O3P. The Bertz CT molecular complexity index is 466. The van der Waals surface area contributed by atoms with Gasteiger partial charge in [-0.05, 0) is 36.3 Å². The van der Waals surface area contributed by atoms with Gasteiger partial charge < -0.3 is 13.6 Å². The minimum Gasteiger partial charge on any atom is -0.426 e. The molecule has 4 heteroatoms. The molecule has 0 fully saturated rings. The van der Waals surface area contributed by atoms with Crippen LogP contribution in [0.25, 0.3) is 0 Å². The highest BCUT2D eigenvalue weighted by atomic mass is 31.2. The molecule has 0 saturated heterocycles. The topological polar surface area (TPSA) is 27.7 Å². The zero-order chi connectivity index (χ0) is 17.0. The number of rotatable bonds is 6. The van der Waals surface area contributed by atoms with Crippen molar-refractivity contribution in [1.29, 1.82) is 0 Å². The Morgan fingerprint density at radius 1 is 0.864 bits per heavy atom. The van der Waals surface area contributed by atoms with Gasteiger partial charge in [0.25, 0.3) is 0 Å². The molecule has 0 aliphatic carbocycles. The Labute approximate surface area is 137 Å². The third-order valence-corrected chi connectivity index (χ3v) is 4.58. The van der Waals surface area contributed by atoms with Gasteiger partial charge in [-0.15, -0.1) is 0 Å². The zero-order valence-corrected chi connectivity index (χ0v) is 16.2. The van der Waals surface area contributed by atoms with Crippen LogP contribution in [0, 0.1) is 0 Å². The van der Waals surface area contributed by atoms with Gasteiger partial charge in [0, 0.05) is 5.56 Å². The van der Waals surface area contributed by atoms with Gasteiger partial charge in [-0.2, -0.15) is 0 Å². The molecule has 1 aromatic carbocycles. The summed E-state index contributed by atoms with van der Waals surface area (Å²) >= 11 is 0. The number of benzene rings is 1. The number of hydrogen-bond donors (Lipinski definition) is 0. The summed E-state index contributed by atoms with van der Waals surface area (Å²) in [7, 11) is -1.34. The predicted molar refractivity (Wildman–Crippen MR) is 94.6 cm³/mol. The van der Waals surface area contributed by atoms with Crippen molar-refractivity contribution >= 4 is 8.60 Å². The third kappa shape index (κ3) is 5.53. The quantitative estimate of drug-likeness (QED) is 0.604. The van der Waals surface area contributed by atoms with E-state index in [0.29, 0.717) is 13.2 Å². The second kappa shape index (κ2) is 7.77. The Balaban J connectivity index is 3.18. The Morgan fingerprint density at radius 2 is 1.41 bits per heavy atom. The van der Waals surface area contributed by atoms with Gasteiger partial charge in [0.2, 0.25) is 0 Å². The average Bonchev–Trinajstić information content (AvgIpc) is 2.37. The Kier molecular flexibility index (Phi) is 6.85. The fraction of sp³-hybridized carbons (Fsp3) is 0.667. The molecule has 0 N–H and O–H groups in total. The van der Waals surface area contributed by atoms with Crippen LogP contribution in [-0.2, 0) is 19.9 Å². The molecule has 0 spiro atoms. The summed E-state index contributed by atoms with van der Waals surface area (Å²) in [4.78, 5) is 0. The van der Waals surface area contributed by atoms with E-state index in [4.69, 9.17) is 13.6 Å². The SMILES string of the molecule is CCOP(OCC)Oc1ccc(C(C)(C)C)cc1C(C)(C)C. The van der Waals surface area contributed by atoms with Crippen LogP contribution >= 0.6 is 8.60 Å². The predicted octanol–water partition coefficient (Wildman–Crippen LogP) is 5.96. The molecule has 1 rings (SSSR count). The van der Waals surface area contributed by atoms with Crippen LogP contribution in [0.4, 0.5) is 0 Å². The van der Waals surface area contributed by atoms with Gasteiger partial charge in [-0.25, -0.2) is 0 Å². The maximum absolute atomic E-state index is 6.04. The molecule has 0 aromatic heterocycles. The lowest BCUT2D eigenvalue weighted by Gasteiger charge is -2.28. The summed E-state index contributed by atoms with van der Waals surface area (Å²) in [5, 5.41) is 0. The van der Waals surface area contributed by atoms with Crippen molar-refractivity contribution in [3.8, 4) is 5.75 Å². The van der Waals surface area contributed by atoms with E-state index in [1.807, 2.05) is 13.8 Å². The van der Waals surface area contributed by atoms with Crippen molar-refractivity contribution in [2.24, 2.45) is 0 Å². The van der Waals surface area contributed by atoms with Crippen molar-refractivity contribution in [3.05, 3.63) is 29.3 Å². The van der Waals surface area contributed by atoms with Crippen molar-refractivity contribution in [3.63, 3.8) is 0 Å². The van der Waals surface area contributed by atoms with E-state index in [-0.39, 0.29) is 10.8 Å². The van der Waals surface area contributed by atoms with Gasteiger partial charge in [-0.3, -0.25) is 0 Å². The van der Waals surface area contributed by atoms with Crippen molar-refractivity contribution < 1.29 is 13.6 Å². The first-order valence-electron chi connectivity index (χ1n) is 7.98. The first-order chi connectivity index (χ1) is 10.1. The molecule has 126 valence electrons. The van der Waals surface area contributed by atoms with Crippen LogP contribution in [0.15, 0.2) is 18.2 Å². The highest BCUT2D eigenvalue weighted by Gasteiger charge is 2.25. The lowest BCUT2D eigenvalue weighted by atomic mass is 9.80. The van der Waals surface area contributed by atoms with Gasteiger partial charge >= 0.3 is 8.60 Å². The summed E-state index contributed by atoms with van der Waals surface area (Å²) in [6.07, 6.45) is 0. The van der Waals surface area contributed by atoms with Crippen molar-refractivity contribution in [2.45, 2.75) is 66.2 Å². The highest BCUT2D eigenvalue weighted by Crippen LogP contribution is 2.44. The lowest BCUT2D eigenvalue weighted by Crippen LogP contribution is -2.17. The molecule has 0 aliphatic rings. The Hall–Kier alpha value is -0.630. The monoisotopic (exact) mass is 326 g/mol. The van der Waals surface area contributed by atoms with E-state index >= 15 is 0 Å². The van der Waals surface area contributed by atoms with E-state index in [1.165, 1.54) is 11.1 Å². The summed E-state index contributed by atoms with van der Waals surface area (Å²) in [5.74, 6) is 0.855. The van der Waals surface area contributed by atoms with Crippen LogP contribution in [0.5, 0.6) is 5.75 Å². The molecule has 0 unspecified atom stereocenters. The van der Waals surface area contributed by atoms with Crippen molar-refractivity contribution in [1.82, 2.24) is 0 Å². The third-order valence-electron chi connectivity index (χ3n) is 3.30. The second-order valence-electron chi connectivity index (χ2n) is 7.36. The molecule has 22 heavy (non-hydrogen) atoms. The minimum atomic E-state index is -1.34. The Morgan fingerprint density at radius 3 is 1.82 bits per heavy atom. The lowest BCUT2D eigenvalue weighted by molar-refractivity contribution is 0.220. The highest BCUT2D eigenvalue weighted by molar-refractivity contribution is 7.42. The number of hydrogen-bond acceptors (Lipinski definition) is 3. The fourth-order valence-corrected chi connectivity index (χ4v) is 2.96. The molecule has 0 amide bonds. The van der Waals surface area contributed by atoms with Crippen LogP contribution in [0.2, 0.25) is 0 Å². The standard InChI is InChI=1S/C18H31O3P/c1-9-19-22(20-10-2)21-16-12-11-14(17(3,4)5)13-15(16)18(6,7)8/h11-13H,9-10H2,1-8H3. The second-order valence-corrected chi connectivity index (χ2v) is 8.51. The molecule has 0 aliphatic heterocycles. The average molecular weight is 326 g/mol. The van der Waals surface area contributed by atoms with Crippen LogP contribution in [-0.4, -0.2) is 13.2 Å². The van der Waals surface area contributed by atoms with E-state index in [1.54, 1.807) is 0 Å². The molecule has 0 saturated carbocycles. The summed E-state index contributed by atoms with van der Waals surface area (Å²) in [6, 6.07) is 6.44. The first-order valence-corrected chi connectivity index (χ1v) is 9.08. The van der Waals surface area contributed by atoms with Gasteiger partial charge in [0.05, 0.1) is 13.2 Å². The van der Waals surface area contributed by atoms with Gasteiger partial charge in [0.15, 0.2) is 0 Å². The van der Waals surface area contributed by atoms with Crippen LogP contribution in [0.3, 0.4) is 0 Å². The molecule has 0 bridgehead atoms. The normalized spacial score (nSPS) is 12.8. The van der Waals surface area contributed by atoms with Crippen LogP contribution < -0.4 is 4.52 Å². The maximum Gasteiger partial charge on any atom is 0.397 e. The van der Waals surface area contributed by atoms with Gasteiger partial charge in [0.1, 0.15) is 5.75 Å². The van der Waals surface area contributed by atoms with Crippen LogP contribution in [0.1, 0.15) is 66.5 Å².